The van der Waals surface area contributed by atoms with Crippen molar-refractivity contribution >= 4 is 0 Å². The zero-order valence-corrected chi connectivity index (χ0v) is 11.1. The topological polar surface area (TPSA) is 42.2 Å². The monoisotopic (exact) mass is 237 g/mol. The van der Waals surface area contributed by atoms with Gasteiger partial charge in [0.05, 0.1) is 0 Å². The van der Waals surface area contributed by atoms with Gasteiger partial charge in [-0.2, -0.15) is 4.98 Å². The molecule has 0 atom stereocenters. The number of aryl methyl sites for hydroxylation is 1. The van der Waals surface area contributed by atoms with Crippen molar-refractivity contribution in [2.75, 3.05) is 19.6 Å². The lowest BCUT2D eigenvalue weighted by Gasteiger charge is -2.30. The fourth-order valence-electron chi connectivity index (χ4n) is 2.32. The van der Waals surface area contributed by atoms with Crippen LogP contribution in [0.2, 0.25) is 0 Å². The summed E-state index contributed by atoms with van der Waals surface area (Å²) < 4.78 is 5.26. The molecule has 2 heterocycles. The van der Waals surface area contributed by atoms with E-state index in [4.69, 9.17) is 4.52 Å². The fourth-order valence-corrected chi connectivity index (χ4v) is 2.32. The van der Waals surface area contributed by atoms with Crippen LogP contribution in [0.25, 0.3) is 0 Å². The van der Waals surface area contributed by atoms with Gasteiger partial charge in [0.25, 0.3) is 0 Å². The van der Waals surface area contributed by atoms with Crippen molar-refractivity contribution in [3.8, 4) is 0 Å². The maximum Gasteiger partial charge on any atom is 0.229 e. The third-order valence-corrected chi connectivity index (χ3v) is 3.50. The van der Waals surface area contributed by atoms with Crippen molar-refractivity contribution in [3.63, 3.8) is 0 Å². The van der Waals surface area contributed by atoms with Gasteiger partial charge < -0.3 is 9.42 Å². The van der Waals surface area contributed by atoms with Crippen molar-refractivity contribution in [3.05, 3.63) is 11.7 Å². The van der Waals surface area contributed by atoms with Crippen LogP contribution in [0, 0.1) is 12.8 Å². The molecule has 4 heteroatoms. The number of aromatic nitrogens is 2. The van der Waals surface area contributed by atoms with Gasteiger partial charge in [-0.25, -0.2) is 0 Å². The minimum absolute atomic E-state index is 0.478. The second-order valence-electron chi connectivity index (χ2n) is 5.48. The second kappa shape index (κ2) is 5.63. The number of hydrogen-bond acceptors (Lipinski definition) is 4. The molecule has 0 bridgehead atoms. The standard InChI is InChI=1S/C13H23N3O/c1-10(2)4-7-16-8-5-12(6-9-16)13-14-11(3)15-17-13/h10,12H,4-9H2,1-3H3. The molecule has 1 saturated heterocycles. The molecule has 0 N–H and O–H groups in total. The van der Waals surface area contributed by atoms with Crippen LogP contribution in [0.5, 0.6) is 0 Å². The van der Waals surface area contributed by atoms with Crippen molar-refractivity contribution in [1.82, 2.24) is 15.0 Å². The molecule has 0 unspecified atom stereocenters. The van der Waals surface area contributed by atoms with E-state index in [-0.39, 0.29) is 0 Å². The van der Waals surface area contributed by atoms with Gasteiger partial charge in [0, 0.05) is 5.92 Å². The Hall–Kier alpha value is -0.900. The largest absolute Gasteiger partial charge is 0.339 e. The van der Waals surface area contributed by atoms with Gasteiger partial charge in [-0.05, 0) is 51.7 Å². The Bertz CT molecular complexity index is 340. The van der Waals surface area contributed by atoms with Crippen molar-refractivity contribution in [2.45, 2.75) is 46.0 Å². The molecule has 17 heavy (non-hydrogen) atoms. The second-order valence-corrected chi connectivity index (χ2v) is 5.48. The highest BCUT2D eigenvalue weighted by molar-refractivity contribution is 4.95. The van der Waals surface area contributed by atoms with Gasteiger partial charge in [0.15, 0.2) is 5.82 Å². The molecule has 1 aromatic rings. The molecule has 0 saturated carbocycles. The molecule has 96 valence electrons. The van der Waals surface area contributed by atoms with Crippen LogP contribution >= 0.6 is 0 Å². The Morgan fingerprint density at radius 2 is 2.06 bits per heavy atom. The summed E-state index contributed by atoms with van der Waals surface area (Å²) in [5.74, 6) is 2.87. The quantitative estimate of drug-likeness (QED) is 0.807. The highest BCUT2D eigenvalue weighted by Gasteiger charge is 2.24. The minimum Gasteiger partial charge on any atom is -0.339 e. The van der Waals surface area contributed by atoms with Crippen LogP contribution < -0.4 is 0 Å². The van der Waals surface area contributed by atoms with Gasteiger partial charge in [0.2, 0.25) is 5.89 Å². The van der Waals surface area contributed by atoms with Crippen molar-refractivity contribution in [1.29, 1.82) is 0 Å². The Balaban J connectivity index is 1.78. The van der Waals surface area contributed by atoms with Gasteiger partial charge in [-0.3, -0.25) is 0 Å². The predicted molar refractivity (Wildman–Crippen MR) is 66.9 cm³/mol. The lowest BCUT2D eigenvalue weighted by molar-refractivity contribution is 0.186. The predicted octanol–water partition coefficient (Wildman–Crippen LogP) is 2.60. The maximum absolute atomic E-state index is 5.26. The average Bonchev–Trinajstić information content (AvgIpc) is 2.74. The molecule has 4 nitrogen and oxygen atoms in total. The number of nitrogens with zero attached hydrogens (tertiary/aromatic N) is 3. The molecule has 0 amide bonds. The third-order valence-electron chi connectivity index (χ3n) is 3.50. The van der Waals surface area contributed by atoms with Gasteiger partial charge >= 0.3 is 0 Å². The highest BCUT2D eigenvalue weighted by Crippen LogP contribution is 2.26. The molecule has 0 radical (unpaired) electrons. The summed E-state index contributed by atoms with van der Waals surface area (Å²) in [5, 5.41) is 3.87. The summed E-state index contributed by atoms with van der Waals surface area (Å²) >= 11 is 0. The Morgan fingerprint density at radius 1 is 1.35 bits per heavy atom. The van der Waals surface area contributed by atoms with E-state index in [1.165, 1.54) is 26.1 Å². The van der Waals surface area contributed by atoms with E-state index in [0.717, 1.165) is 30.5 Å². The maximum atomic E-state index is 5.26. The van der Waals surface area contributed by atoms with Crippen LogP contribution in [-0.4, -0.2) is 34.7 Å². The molecule has 1 aliphatic rings. The summed E-state index contributed by atoms with van der Waals surface area (Å²) in [5.41, 5.74) is 0. The fraction of sp³-hybridized carbons (Fsp3) is 0.846. The first-order valence-corrected chi connectivity index (χ1v) is 6.67. The molecule has 1 aromatic heterocycles. The lowest BCUT2D eigenvalue weighted by Crippen LogP contribution is -2.34. The first-order chi connectivity index (χ1) is 8.15. The Kier molecular flexibility index (Phi) is 4.15. The number of hydrogen-bond donors (Lipinski definition) is 0. The summed E-state index contributed by atoms with van der Waals surface area (Å²) in [7, 11) is 0. The summed E-state index contributed by atoms with van der Waals surface area (Å²) in [4.78, 5) is 6.89. The summed E-state index contributed by atoms with van der Waals surface area (Å²) in [6.07, 6.45) is 3.60. The summed E-state index contributed by atoms with van der Waals surface area (Å²) in [6.45, 7) is 10.0. The van der Waals surface area contributed by atoms with Crippen LogP contribution in [0.3, 0.4) is 0 Å². The van der Waals surface area contributed by atoms with Crippen LogP contribution in [0.4, 0.5) is 0 Å². The molecular formula is C13H23N3O. The molecule has 0 aliphatic carbocycles. The van der Waals surface area contributed by atoms with E-state index in [1.807, 2.05) is 6.92 Å². The van der Waals surface area contributed by atoms with Crippen LogP contribution in [0.15, 0.2) is 4.52 Å². The molecule has 1 aliphatic heterocycles. The number of piperidine rings is 1. The van der Waals surface area contributed by atoms with Crippen LogP contribution in [0.1, 0.15) is 50.7 Å². The van der Waals surface area contributed by atoms with E-state index in [1.54, 1.807) is 0 Å². The van der Waals surface area contributed by atoms with Crippen molar-refractivity contribution < 1.29 is 4.52 Å². The van der Waals surface area contributed by atoms with E-state index in [9.17, 15) is 0 Å². The number of likely N-dealkylation sites (tertiary alicyclic amines) is 1. The SMILES string of the molecule is Cc1noc(C2CCN(CCC(C)C)CC2)n1. The zero-order valence-electron chi connectivity index (χ0n) is 11.1. The average molecular weight is 237 g/mol. The van der Waals surface area contributed by atoms with Gasteiger partial charge in [-0.15, -0.1) is 0 Å². The summed E-state index contributed by atoms with van der Waals surface area (Å²) in [6, 6.07) is 0. The number of rotatable bonds is 4. The molecule has 1 fully saturated rings. The van der Waals surface area contributed by atoms with E-state index >= 15 is 0 Å². The van der Waals surface area contributed by atoms with Gasteiger partial charge in [-0.1, -0.05) is 19.0 Å². The first-order valence-electron chi connectivity index (χ1n) is 6.67. The Labute approximate surface area is 103 Å². The highest BCUT2D eigenvalue weighted by atomic mass is 16.5. The zero-order chi connectivity index (χ0) is 12.3. The molecule has 2 rings (SSSR count). The normalized spacial score (nSPS) is 19.1. The van der Waals surface area contributed by atoms with Crippen LogP contribution in [-0.2, 0) is 0 Å². The van der Waals surface area contributed by atoms with E-state index in [2.05, 4.69) is 28.9 Å². The molecule has 0 spiro atoms. The minimum atomic E-state index is 0.478. The third kappa shape index (κ3) is 3.53. The van der Waals surface area contributed by atoms with E-state index < -0.39 is 0 Å². The lowest BCUT2D eigenvalue weighted by atomic mass is 9.96. The van der Waals surface area contributed by atoms with E-state index in [0.29, 0.717) is 5.92 Å². The van der Waals surface area contributed by atoms with Gasteiger partial charge in [0.1, 0.15) is 0 Å². The molecular weight excluding hydrogens is 214 g/mol. The smallest absolute Gasteiger partial charge is 0.229 e. The molecule has 0 aromatic carbocycles. The Morgan fingerprint density at radius 3 is 2.59 bits per heavy atom. The first kappa shape index (κ1) is 12.6. The van der Waals surface area contributed by atoms with Crippen molar-refractivity contribution in [2.24, 2.45) is 5.92 Å².